The van der Waals surface area contributed by atoms with Gasteiger partial charge in [-0.25, -0.2) is 0 Å². The van der Waals surface area contributed by atoms with Gasteiger partial charge in [-0.15, -0.1) is 0 Å². The van der Waals surface area contributed by atoms with Crippen LogP contribution in [0.15, 0.2) is 0 Å². The number of ether oxygens (including phenoxy) is 1. The maximum atomic E-state index is 11.7. The van der Waals surface area contributed by atoms with Gasteiger partial charge in [-0.2, -0.15) is 0 Å². The van der Waals surface area contributed by atoms with Gasteiger partial charge < -0.3 is 15.0 Å². The zero-order chi connectivity index (χ0) is 14.1. The molecule has 18 heavy (non-hydrogen) atoms. The fourth-order valence-electron chi connectivity index (χ4n) is 1.84. The van der Waals surface area contributed by atoms with Gasteiger partial charge in [0.2, 0.25) is 0 Å². The number of rotatable bonds is 9. The molecule has 1 N–H and O–H groups in total. The van der Waals surface area contributed by atoms with Gasteiger partial charge in [-0.3, -0.25) is 4.79 Å². The molecule has 0 aromatic heterocycles. The van der Waals surface area contributed by atoms with Crippen LogP contribution < -0.4 is 5.32 Å². The summed E-state index contributed by atoms with van der Waals surface area (Å²) in [5, 5.41) is 3.19. The third-order valence-electron chi connectivity index (χ3n) is 3.45. The van der Waals surface area contributed by atoms with Crippen LogP contribution in [0, 0.1) is 5.92 Å². The highest BCUT2D eigenvalue weighted by Gasteiger charge is 2.20. The summed E-state index contributed by atoms with van der Waals surface area (Å²) in [5.41, 5.74) is 0. The fraction of sp³-hybridized carbons (Fsp3) is 0.929. The first-order valence-corrected chi connectivity index (χ1v) is 7.04. The Hall–Kier alpha value is -0.610. The van der Waals surface area contributed by atoms with E-state index in [1.807, 2.05) is 13.8 Å². The minimum atomic E-state index is -0.184. The lowest BCUT2D eigenvalue weighted by Gasteiger charge is -2.29. The molecule has 0 bridgehead atoms. The molecule has 0 rings (SSSR count). The van der Waals surface area contributed by atoms with Gasteiger partial charge in [0, 0.05) is 12.6 Å². The van der Waals surface area contributed by atoms with Crippen LogP contribution >= 0.6 is 0 Å². The van der Waals surface area contributed by atoms with Gasteiger partial charge >= 0.3 is 5.97 Å². The number of likely N-dealkylation sites (N-methyl/N-ethyl adjacent to an activating group) is 1. The number of hydrogen-bond donors (Lipinski definition) is 1. The van der Waals surface area contributed by atoms with E-state index in [0.29, 0.717) is 18.6 Å². The van der Waals surface area contributed by atoms with Gasteiger partial charge in [-0.1, -0.05) is 20.8 Å². The molecule has 108 valence electrons. The maximum Gasteiger partial charge on any atom is 0.323 e. The highest BCUT2D eigenvalue weighted by Crippen LogP contribution is 2.09. The first kappa shape index (κ1) is 17.4. The Labute approximate surface area is 112 Å². The van der Waals surface area contributed by atoms with Crippen LogP contribution in [0.1, 0.15) is 41.0 Å². The van der Waals surface area contributed by atoms with E-state index < -0.39 is 0 Å². The minimum Gasteiger partial charge on any atom is -0.465 e. The van der Waals surface area contributed by atoms with Crippen molar-refractivity contribution < 1.29 is 9.53 Å². The fourth-order valence-corrected chi connectivity index (χ4v) is 1.84. The van der Waals surface area contributed by atoms with Gasteiger partial charge in [0.1, 0.15) is 6.04 Å². The van der Waals surface area contributed by atoms with Crippen LogP contribution in [0.25, 0.3) is 0 Å². The third-order valence-corrected chi connectivity index (χ3v) is 3.45. The topological polar surface area (TPSA) is 41.6 Å². The van der Waals surface area contributed by atoms with E-state index in [2.05, 4.69) is 38.0 Å². The molecule has 0 saturated heterocycles. The molecule has 0 fully saturated rings. The van der Waals surface area contributed by atoms with E-state index >= 15 is 0 Å². The van der Waals surface area contributed by atoms with E-state index in [1.54, 1.807) is 0 Å². The van der Waals surface area contributed by atoms with Crippen molar-refractivity contribution in [2.45, 2.75) is 53.1 Å². The average Bonchev–Trinajstić information content (AvgIpc) is 2.33. The molecule has 0 aliphatic heterocycles. The number of carbonyl (C=O) groups excluding carboxylic acids is 1. The second-order valence-electron chi connectivity index (χ2n) is 5.12. The van der Waals surface area contributed by atoms with Gasteiger partial charge in [0.05, 0.1) is 6.61 Å². The molecule has 4 heteroatoms. The quantitative estimate of drug-likeness (QED) is 0.641. The van der Waals surface area contributed by atoms with Crippen LogP contribution in [-0.2, 0) is 9.53 Å². The number of carbonyl (C=O) groups is 1. The van der Waals surface area contributed by atoms with E-state index in [0.717, 1.165) is 19.5 Å². The second-order valence-corrected chi connectivity index (χ2v) is 5.12. The summed E-state index contributed by atoms with van der Waals surface area (Å²) in [6, 6.07) is 0.339. The van der Waals surface area contributed by atoms with Gasteiger partial charge in [-0.05, 0) is 39.8 Å². The molecule has 4 nitrogen and oxygen atoms in total. The Kier molecular flexibility index (Phi) is 9.02. The van der Waals surface area contributed by atoms with Crippen molar-refractivity contribution in [3.63, 3.8) is 0 Å². The molecular weight excluding hydrogens is 228 g/mol. The van der Waals surface area contributed by atoms with Crippen molar-refractivity contribution in [3.05, 3.63) is 0 Å². The van der Waals surface area contributed by atoms with Crippen LogP contribution in [0.3, 0.4) is 0 Å². The van der Waals surface area contributed by atoms with Crippen molar-refractivity contribution in [1.82, 2.24) is 10.2 Å². The molecule has 0 radical (unpaired) electrons. The molecular formula is C14H30N2O2. The number of nitrogens with one attached hydrogen (secondary N) is 1. The number of hydrogen-bond acceptors (Lipinski definition) is 4. The van der Waals surface area contributed by atoms with Crippen molar-refractivity contribution in [1.29, 1.82) is 0 Å². The van der Waals surface area contributed by atoms with Crippen molar-refractivity contribution in [2.75, 3.05) is 26.7 Å². The Morgan fingerprint density at radius 2 is 1.89 bits per heavy atom. The lowest BCUT2D eigenvalue weighted by atomic mass is 10.0. The Bertz CT molecular complexity index is 232. The van der Waals surface area contributed by atoms with Crippen molar-refractivity contribution >= 4 is 5.97 Å². The van der Waals surface area contributed by atoms with Crippen LogP contribution in [-0.4, -0.2) is 49.7 Å². The van der Waals surface area contributed by atoms with E-state index in [4.69, 9.17) is 4.74 Å². The van der Waals surface area contributed by atoms with Crippen molar-refractivity contribution in [2.24, 2.45) is 5.92 Å². The molecule has 0 aliphatic rings. The molecule has 0 aromatic carbocycles. The molecule has 0 heterocycles. The van der Waals surface area contributed by atoms with E-state index in [1.165, 1.54) is 0 Å². The Morgan fingerprint density at radius 3 is 2.33 bits per heavy atom. The molecule has 0 saturated carbocycles. The summed E-state index contributed by atoms with van der Waals surface area (Å²) >= 11 is 0. The zero-order valence-electron chi connectivity index (χ0n) is 12.8. The molecule has 0 amide bonds. The second kappa shape index (κ2) is 9.34. The smallest absolute Gasteiger partial charge is 0.323 e. The van der Waals surface area contributed by atoms with Crippen LogP contribution in [0.5, 0.6) is 0 Å². The minimum absolute atomic E-state index is 0.134. The lowest BCUT2D eigenvalue weighted by molar-refractivity contribution is -0.145. The highest BCUT2D eigenvalue weighted by atomic mass is 16.5. The zero-order valence-corrected chi connectivity index (χ0v) is 12.8. The number of nitrogens with zero attached hydrogens (tertiary/aromatic N) is 1. The summed E-state index contributed by atoms with van der Waals surface area (Å²) in [5.74, 6) is 0.486. The number of esters is 1. The SMILES string of the molecule is CCNC(CCN(C)C(C)C(C)C)C(=O)OCC. The molecule has 0 aliphatic carbocycles. The van der Waals surface area contributed by atoms with Gasteiger partial charge in [0.15, 0.2) is 0 Å². The predicted molar refractivity (Wildman–Crippen MR) is 75.6 cm³/mol. The first-order valence-electron chi connectivity index (χ1n) is 7.04. The van der Waals surface area contributed by atoms with Crippen LogP contribution in [0.4, 0.5) is 0 Å². The van der Waals surface area contributed by atoms with E-state index in [-0.39, 0.29) is 12.0 Å². The van der Waals surface area contributed by atoms with E-state index in [9.17, 15) is 4.79 Å². The standard InChI is InChI=1S/C14H30N2O2/c1-7-15-13(14(17)18-8-2)9-10-16(6)12(5)11(3)4/h11-13,15H,7-10H2,1-6H3. The first-order chi connectivity index (χ1) is 8.43. The Balaban J connectivity index is 4.21. The monoisotopic (exact) mass is 258 g/mol. The molecule has 0 aromatic rings. The largest absolute Gasteiger partial charge is 0.465 e. The molecule has 0 spiro atoms. The van der Waals surface area contributed by atoms with Crippen LogP contribution in [0.2, 0.25) is 0 Å². The normalized spacial score (nSPS) is 14.9. The summed E-state index contributed by atoms with van der Waals surface area (Å²) < 4.78 is 5.08. The summed E-state index contributed by atoms with van der Waals surface area (Å²) in [7, 11) is 2.11. The third kappa shape index (κ3) is 6.36. The maximum absolute atomic E-state index is 11.7. The summed E-state index contributed by atoms with van der Waals surface area (Å²) in [4.78, 5) is 14.0. The predicted octanol–water partition coefficient (Wildman–Crippen LogP) is 1.89. The summed E-state index contributed by atoms with van der Waals surface area (Å²) in [6.45, 7) is 12.6. The highest BCUT2D eigenvalue weighted by molar-refractivity contribution is 5.75. The Morgan fingerprint density at radius 1 is 1.28 bits per heavy atom. The lowest BCUT2D eigenvalue weighted by Crippen LogP contribution is -2.42. The van der Waals surface area contributed by atoms with Gasteiger partial charge in [0.25, 0.3) is 0 Å². The molecule has 2 atom stereocenters. The molecule has 2 unspecified atom stereocenters. The summed E-state index contributed by atoms with van der Waals surface area (Å²) in [6.07, 6.45) is 0.792. The van der Waals surface area contributed by atoms with Crippen molar-refractivity contribution in [3.8, 4) is 0 Å². The average molecular weight is 258 g/mol.